The fourth-order valence-corrected chi connectivity index (χ4v) is 4.39. The van der Waals surface area contributed by atoms with Crippen molar-refractivity contribution in [2.24, 2.45) is 0 Å². The van der Waals surface area contributed by atoms with Crippen LogP contribution in [0.25, 0.3) is 17.0 Å². The van der Waals surface area contributed by atoms with E-state index in [1.165, 1.54) is 4.90 Å². The van der Waals surface area contributed by atoms with Crippen LogP contribution < -0.4 is 5.32 Å². The van der Waals surface area contributed by atoms with E-state index in [0.29, 0.717) is 11.7 Å². The van der Waals surface area contributed by atoms with Crippen LogP contribution in [0, 0.1) is 0 Å². The van der Waals surface area contributed by atoms with Gasteiger partial charge in [0.05, 0.1) is 11.6 Å². The van der Waals surface area contributed by atoms with E-state index in [9.17, 15) is 0 Å². The van der Waals surface area contributed by atoms with Crippen molar-refractivity contribution in [1.82, 2.24) is 20.4 Å². The summed E-state index contributed by atoms with van der Waals surface area (Å²) in [5.74, 6) is 1.10. The molecular weight excluding hydrogens is 412 g/mol. The second-order valence-electron chi connectivity index (χ2n) is 7.10. The van der Waals surface area contributed by atoms with Crippen molar-refractivity contribution in [3.63, 3.8) is 0 Å². The first-order valence-corrected chi connectivity index (χ1v) is 11.6. The smallest absolute Gasteiger partial charge is 0.258 e. The summed E-state index contributed by atoms with van der Waals surface area (Å²) in [5, 5.41) is 8.46. The van der Waals surface area contributed by atoms with Gasteiger partial charge in [-0.05, 0) is 61.6 Å². The van der Waals surface area contributed by atoms with Gasteiger partial charge in [-0.2, -0.15) is 4.98 Å². The quantitative estimate of drug-likeness (QED) is 0.403. The second kappa shape index (κ2) is 9.02. The van der Waals surface area contributed by atoms with E-state index in [1.54, 1.807) is 11.8 Å². The Morgan fingerprint density at radius 2 is 1.87 bits per heavy atom. The summed E-state index contributed by atoms with van der Waals surface area (Å²) >= 11 is 7.37. The maximum atomic E-state index is 5.76. The molecule has 1 atom stereocenters. The van der Waals surface area contributed by atoms with E-state index in [-0.39, 0.29) is 6.04 Å². The largest absolute Gasteiger partial charge is 0.351 e. The van der Waals surface area contributed by atoms with Crippen molar-refractivity contribution in [3.05, 3.63) is 71.7 Å². The zero-order chi connectivity index (χ0) is 21.1. The normalized spacial score (nSPS) is 16.7. The maximum absolute atomic E-state index is 5.76. The fraction of sp³-hybridized carbons (Fsp3) is 0.261. The number of hydrogen-bond donors (Lipinski definition) is 1. The third kappa shape index (κ3) is 4.00. The summed E-state index contributed by atoms with van der Waals surface area (Å²) < 4.78 is 5.76. The predicted molar refractivity (Wildman–Crippen MR) is 126 cm³/mol. The first-order chi connectivity index (χ1) is 14.6. The van der Waals surface area contributed by atoms with Gasteiger partial charge in [0.25, 0.3) is 5.89 Å². The molecule has 4 rings (SSSR count). The van der Waals surface area contributed by atoms with Crippen LogP contribution >= 0.6 is 24.0 Å². The molecule has 0 saturated carbocycles. The summed E-state index contributed by atoms with van der Waals surface area (Å²) in [7, 11) is 0. The highest BCUT2D eigenvalue weighted by Crippen LogP contribution is 2.37. The average Bonchev–Trinajstić information content (AvgIpc) is 3.26. The molecule has 2 heterocycles. The summed E-state index contributed by atoms with van der Waals surface area (Å²) in [5.41, 5.74) is 4.04. The number of nitrogens with one attached hydrogen (secondary N) is 1. The topological polar surface area (TPSA) is 54.2 Å². The van der Waals surface area contributed by atoms with Gasteiger partial charge in [-0.15, -0.1) is 11.8 Å². The molecule has 1 aliphatic rings. The molecule has 0 radical (unpaired) electrons. The number of rotatable bonds is 6. The Hall–Kier alpha value is -2.64. The van der Waals surface area contributed by atoms with Crippen LogP contribution in [0.4, 0.5) is 0 Å². The minimum absolute atomic E-state index is 0.140. The predicted octanol–water partition coefficient (Wildman–Crippen LogP) is 5.53. The third-order valence-corrected chi connectivity index (χ3v) is 6.26. The number of hydrogen-bond acceptors (Lipinski definition) is 5. The lowest BCUT2D eigenvalue weighted by Gasteiger charge is -2.37. The molecule has 0 aliphatic carbocycles. The molecule has 3 aromatic rings. The van der Waals surface area contributed by atoms with E-state index >= 15 is 0 Å². The van der Waals surface area contributed by atoms with E-state index in [0.717, 1.165) is 40.5 Å². The Labute approximate surface area is 186 Å². The van der Waals surface area contributed by atoms with Gasteiger partial charge in [0.2, 0.25) is 5.82 Å². The molecule has 0 saturated heterocycles. The van der Waals surface area contributed by atoms with Crippen LogP contribution in [0.3, 0.4) is 0 Å². The number of nitrogens with zero attached hydrogens (tertiary/aromatic N) is 3. The standard InChI is InChI=1S/C23H24N4OS2/c1-4-14-27-15(2)19(20(24-23(27)29)16-8-6-5-7-9-16)22-25-21(26-28-22)17-10-12-18(30-3)13-11-17/h5-13,20H,4,14H2,1-3H3,(H,24,29). The van der Waals surface area contributed by atoms with Crippen LogP contribution in [0.15, 0.2) is 69.7 Å². The van der Waals surface area contributed by atoms with Gasteiger partial charge in [0.15, 0.2) is 5.11 Å². The number of allylic oxidation sites excluding steroid dienone is 1. The molecule has 1 aromatic heterocycles. The molecular formula is C23H24N4OS2. The molecule has 7 heteroatoms. The molecule has 30 heavy (non-hydrogen) atoms. The highest BCUT2D eigenvalue weighted by atomic mass is 32.2. The fourth-order valence-electron chi connectivity index (χ4n) is 3.64. The summed E-state index contributed by atoms with van der Waals surface area (Å²) in [4.78, 5) is 8.06. The Morgan fingerprint density at radius 3 is 2.53 bits per heavy atom. The van der Waals surface area contributed by atoms with E-state index in [1.807, 2.05) is 30.3 Å². The molecule has 0 spiro atoms. The lowest BCUT2D eigenvalue weighted by Crippen LogP contribution is -2.46. The van der Waals surface area contributed by atoms with Crippen molar-refractivity contribution in [2.75, 3.05) is 12.8 Å². The number of benzene rings is 2. The minimum atomic E-state index is -0.140. The Morgan fingerprint density at radius 1 is 1.13 bits per heavy atom. The van der Waals surface area contributed by atoms with Crippen molar-refractivity contribution >= 4 is 34.7 Å². The second-order valence-corrected chi connectivity index (χ2v) is 8.36. The number of thiocarbonyl (C=S) groups is 1. The summed E-state index contributed by atoms with van der Waals surface area (Å²) in [6.07, 6.45) is 3.04. The van der Waals surface area contributed by atoms with Crippen LogP contribution in [-0.2, 0) is 0 Å². The lowest BCUT2D eigenvalue weighted by molar-refractivity contribution is 0.396. The van der Waals surface area contributed by atoms with Crippen molar-refractivity contribution in [3.8, 4) is 11.4 Å². The van der Waals surface area contributed by atoms with Crippen LogP contribution in [-0.4, -0.2) is 33.0 Å². The first kappa shape index (κ1) is 20.6. The van der Waals surface area contributed by atoms with Gasteiger partial charge < -0.3 is 14.7 Å². The average molecular weight is 437 g/mol. The first-order valence-electron chi connectivity index (χ1n) is 9.94. The molecule has 0 amide bonds. The maximum Gasteiger partial charge on any atom is 0.258 e. The van der Waals surface area contributed by atoms with Crippen molar-refractivity contribution in [1.29, 1.82) is 0 Å². The van der Waals surface area contributed by atoms with Gasteiger partial charge in [-0.1, -0.05) is 42.4 Å². The highest BCUT2D eigenvalue weighted by molar-refractivity contribution is 7.98. The van der Waals surface area contributed by atoms with Crippen LogP contribution in [0.5, 0.6) is 0 Å². The molecule has 0 bridgehead atoms. The summed E-state index contributed by atoms with van der Waals surface area (Å²) in [6, 6.07) is 18.3. The molecule has 5 nitrogen and oxygen atoms in total. The van der Waals surface area contributed by atoms with E-state index < -0.39 is 0 Å². The molecule has 1 aliphatic heterocycles. The highest BCUT2D eigenvalue weighted by Gasteiger charge is 2.33. The molecule has 2 aromatic carbocycles. The monoisotopic (exact) mass is 436 g/mol. The molecule has 1 unspecified atom stereocenters. The lowest BCUT2D eigenvalue weighted by atomic mass is 9.95. The Balaban J connectivity index is 1.77. The minimum Gasteiger partial charge on any atom is -0.351 e. The Bertz CT molecular complexity index is 1060. The zero-order valence-corrected chi connectivity index (χ0v) is 18.9. The zero-order valence-electron chi connectivity index (χ0n) is 17.3. The summed E-state index contributed by atoms with van der Waals surface area (Å²) in [6.45, 7) is 5.05. The number of aromatic nitrogens is 2. The van der Waals surface area contributed by atoms with Crippen LogP contribution in [0.2, 0.25) is 0 Å². The number of thioether (sulfide) groups is 1. The van der Waals surface area contributed by atoms with Gasteiger partial charge in [-0.3, -0.25) is 0 Å². The van der Waals surface area contributed by atoms with E-state index in [2.05, 4.69) is 59.7 Å². The molecule has 1 N–H and O–H groups in total. The third-order valence-electron chi connectivity index (χ3n) is 5.18. The SMILES string of the molecule is CCCN1C(=S)NC(c2ccccc2)C(c2nc(-c3ccc(SC)cc3)no2)=C1C. The van der Waals surface area contributed by atoms with Crippen molar-refractivity contribution < 1.29 is 4.52 Å². The Kier molecular flexibility index (Phi) is 6.20. The van der Waals surface area contributed by atoms with Gasteiger partial charge in [0, 0.05) is 22.7 Å². The van der Waals surface area contributed by atoms with Gasteiger partial charge in [-0.25, -0.2) is 0 Å². The van der Waals surface area contributed by atoms with Gasteiger partial charge >= 0.3 is 0 Å². The van der Waals surface area contributed by atoms with E-state index in [4.69, 9.17) is 21.7 Å². The van der Waals surface area contributed by atoms with Crippen molar-refractivity contribution in [2.45, 2.75) is 31.2 Å². The van der Waals surface area contributed by atoms with Gasteiger partial charge in [0.1, 0.15) is 0 Å². The molecule has 154 valence electrons. The molecule has 0 fully saturated rings. The van der Waals surface area contributed by atoms with Crippen LogP contribution in [0.1, 0.15) is 37.8 Å².